The van der Waals surface area contributed by atoms with Crippen molar-refractivity contribution in [1.29, 1.82) is 0 Å². The van der Waals surface area contributed by atoms with Crippen molar-refractivity contribution >= 4 is 23.4 Å². The maximum Gasteiger partial charge on any atom is 0.399 e. The van der Waals surface area contributed by atoms with Crippen molar-refractivity contribution in [2.75, 3.05) is 7.05 Å². The SMILES string of the molecule is CNC(=O)[C@H]1CCCC[C@@H]1NC(=O)C(F)(F)Cl. The third-order valence-electron chi connectivity index (χ3n) is 2.92. The lowest BCUT2D eigenvalue weighted by molar-refractivity contribution is -0.138. The van der Waals surface area contributed by atoms with Gasteiger partial charge < -0.3 is 10.6 Å². The molecule has 7 heteroatoms. The Labute approximate surface area is 103 Å². The second-order valence-electron chi connectivity index (χ2n) is 4.08. The van der Waals surface area contributed by atoms with Gasteiger partial charge in [0.25, 0.3) is 0 Å². The topological polar surface area (TPSA) is 58.2 Å². The molecule has 0 bridgehead atoms. The molecule has 0 aliphatic heterocycles. The van der Waals surface area contributed by atoms with Crippen molar-refractivity contribution in [1.82, 2.24) is 10.6 Å². The first-order valence-electron chi connectivity index (χ1n) is 5.45. The summed E-state index contributed by atoms with van der Waals surface area (Å²) < 4.78 is 25.1. The van der Waals surface area contributed by atoms with E-state index in [1.807, 2.05) is 0 Å². The summed E-state index contributed by atoms with van der Waals surface area (Å²) in [4.78, 5) is 22.6. The second kappa shape index (κ2) is 5.62. The first kappa shape index (κ1) is 14.2. The van der Waals surface area contributed by atoms with Crippen LogP contribution in [0.5, 0.6) is 0 Å². The average Bonchev–Trinajstić information content (AvgIpc) is 2.27. The van der Waals surface area contributed by atoms with E-state index in [1.165, 1.54) is 7.05 Å². The van der Waals surface area contributed by atoms with E-state index in [-0.39, 0.29) is 5.91 Å². The Kier molecular flexibility index (Phi) is 4.68. The zero-order valence-corrected chi connectivity index (χ0v) is 10.2. The Morgan fingerprint density at radius 3 is 2.41 bits per heavy atom. The van der Waals surface area contributed by atoms with Gasteiger partial charge in [0.05, 0.1) is 5.92 Å². The molecule has 1 saturated carbocycles. The molecule has 2 atom stereocenters. The quantitative estimate of drug-likeness (QED) is 0.757. The van der Waals surface area contributed by atoms with E-state index in [0.717, 1.165) is 12.8 Å². The zero-order chi connectivity index (χ0) is 13.1. The fraction of sp³-hybridized carbons (Fsp3) is 0.800. The van der Waals surface area contributed by atoms with Gasteiger partial charge in [-0.2, -0.15) is 8.78 Å². The molecule has 0 unspecified atom stereocenters. The highest BCUT2D eigenvalue weighted by Gasteiger charge is 2.40. The minimum absolute atomic E-state index is 0.243. The fourth-order valence-corrected chi connectivity index (χ4v) is 2.11. The van der Waals surface area contributed by atoms with Crippen LogP contribution in [0.15, 0.2) is 0 Å². The van der Waals surface area contributed by atoms with Crippen molar-refractivity contribution in [3.8, 4) is 0 Å². The monoisotopic (exact) mass is 268 g/mol. The maximum absolute atomic E-state index is 12.5. The van der Waals surface area contributed by atoms with Crippen LogP contribution >= 0.6 is 11.6 Å². The Morgan fingerprint density at radius 2 is 1.88 bits per heavy atom. The molecule has 0 heterocycles. The van der Waals surface area contributed by atoms with Crippen LogP contribution in [-0.2, 0) is 9.59 Å². The van der Waals surface area contributed by atoms with Crippen molar-refractivity contribution in [2.45, 2.75) is 37.1 Å². The summed E-state index contributed by atoms with van der Waals surface area (Å²) >= 11 is 4.62. The molecule has 0 aromatic rings. The number of carbonyl (C=O) groups is 2. The number of carbonyl (C=O) groups excluding carboxylic acids is 2. The smallest absolute Gasteiger partial charge is 0.359 e. The number of hydrogen-bond acceptors (Lipinski definition) is 2. The lowest BCUT2D eigenvalue weighted by atomic mass is 9.84. The molecule has 0 aromatic heterocycles. The van der Waals surface area contributed by atoms with Crippen LogP contribution < -0.4 is 10.6 Å². The molecule has 1 aliphatic rings. The molecule has 0 saturated heterocycles. The first-order valence-corrected chi connectivity index (χ1v) is 5.83. The zero-order valence-electron chi connectivity index (χ0n) is 9.43. The summed E-state index contributed by atoms with van der Waals surface area (Å²) in [6, 6.07) is -0.569. The fourth-order valence-electron chi connectivity index (χ4n) is 2.05. The van der Waals surface area contributed by atoms with Crippen molar-refractivity contribution in [2.24, 2.45) is 5.92 Å². The van der Waals surface area contributed by atoms with Crippen molar-refractivity contribution in [3.05, 3.63) is 0 Å². The highest BCUT2D eigenvalue weighted by molar-refractivity contribution is 6.32. The predicted octanol–water partition coefficient (Wildman–Crippen LogP) is 1.24. The number of rotatable bonds is 3. The molecule has 0 radical (unpaired) electrons. The third kappa shape index (κ3) is 3.80. The van der Waals surface area contributed by atoms with Crippen molar-refractivity contribution < 1.29 is 18.4 Å². The number of amides is 2. The molecule has 2 amide bonds. The number of nitrogens with one attached hydrogen (secondary N) is 2. The van der Waals surface area contributed by atoms with Gasteiger partial charge in [0.2, 0.25) is 5.91 Å². The molecule has 2 N–H and O–H groups in total. The molecule has 1 rings (SSSR count). The molecule has 17 heavy (non-hydrogen) atoms. The Morgan fingerprint density at radius 1 is 1.29 bits per heavy atom. The lowest BCUT2D eigenvalue weighted by Gasteiger charge is -2.31. The molecule has 98 valence electrons. The third-order valence-corrected chi connectivity index (χ3v) is 3.09. The van der Waals surface area contributed by atoms with Gasteiger partial charge in [0.1, 0.15) is 0 Å². The van der Waals surface area contributed by atoms with E-state index in [4.69, 9.17) is 0 Å². The van der Waals surface area contributed by atoms with E-state index in [1.54, 1.807) is 0 Å². The Bertz CT molecular complexity index is 307. The predicted molar refractivity (Wildman–Crippen MR) is 58.8 cm³/mol. The first-order chi connectivity index (χ1) is 7.86. The molecule has 1 fully saturated rings. The van der Waals surface area contributed by atoms with Crippen LogP contribution in [0, 0.1) is 5.92 Å². The van der Waals surface area contributed by atoms with E-state index in [9.17, 15) is 18.4 Å². The number of hydrogen-bond donors (Lipinski definition) is 2. The summed E-state index contributed by atoms with van der Waals surface area (Å²) in [6.07, 6.45) is 2.74. The number of halogens is 3. The van der Waals surface area contributed by atoms with Gasteiger partial charge in [0, 0.05) is 13.1 Å². The van der Waals surface area contributed by atoms with Gasteiger partial charge in [-0.1, -0.05) is 12.8 Å². The highest BCUT2D eigenvalue weighted by atomic mass is 35.5. The van der Waals surface area contributed by atoms with E-state index in [0.29, 0.717) is 12.8 Å². The van der Waals surface area contributed by atoms with Crippen LogP contribution in [0.2, 0.25) is 0 Å². The van der Waals surface area contributed by atoms with Gasteiger partial charge >= 0.3 is 11.3 Å². The largest absolute Gasteiger partial charge is 0.399 e. The van der Waals surface area contributed by atoms with Crippen LogP contribution in [0.1, 0.15) is 25.7 Å². The summed E-state index contributed by atoms with van der Waals surface area (Å²) in [7, 11) is 1.48. The summed E-state index contributed by atoms with van der Waals surface area (Å²) in [6.45, 7) is 0. The van der Waals surface area contributed by atoms with E-state index < -0.39 is 23.2 Å². The van der Waals surface area contributed by atoms with Crippen molar-refractivity contribution in [3.63, 3.8) is 0 Å². The van der Waals surface area contributed by atoms with Gasteiger partial charge in [-0.3, -0.25) is 9.59 Å². The minimum Gasteiger partial charge on any atom is -0.359 e. The molecule has 0 aromatic carbocycles. The maximum atomic E-state index is 12.5. The average molecular weight is 269 g/mol. The van der Waals surface area contributed by atoms with Crippen LogP contribution in [0.4, 0.5) is 8.78 Å². The van der Waals surface area contributed by atoms with Crippen LogP contribution in [0.3, 0.4) is 0 Å². The molecular weight excluding hydrogens is 254 g/mol. The van der Waals surface area contributed by atoms with E-state index >= 15 is 0 Å². The molecule has 0 spiro atoms. The van der Waals surface area contributed by atoms with Gasteiger partial charge in [-0.25, -0.2) is 0 Å². The lowest BCUT2D eigenvalue weighted by Crippen LogP contribution is -2.50. The van der Waals surface area contributed by atoms with Gasteiger partial charge in [-0.15, -0.1) is 0 Å². The normalized spacial score (nSPS) is 25.2. The summed E-state index contributed by atoms with van der Waals surface area (Å²) in [5.41, 5.74) is 0. The highest BCUT2D eigenvalue weighted by Crippen LogP contribution is 2.26. The second-order valence-corrected chi connectivity index (χ2v) is 4.56. The molecule has 1 aliphatic carbocycles. The van der Waals surface area contributed by atoms with Gasteiger partial charge in [-0.05, 0) is 24.4 Å². The summed E-state index contributed by atoms with van der Waals surface area (Å²) in [5.74, 6) is -2.25. The minimum atomic E-state index is -3.93. The van der Waals surface area contributed by atoms with Gasteiger partial charge in [0.15, 0.2) is 0 Å². The summed E-state index contributed by atoms with van der Waals surface area (Å²) in [5, 5.41) is 0.682. The molecule has 4 nitrogen and oxygen atoms in total. The Hall–Kier alpha value is -0.910. The van der Waals surface area contributed by atoms with Crippen LogP contribution in [-0.4, -0.2) is 30.3 Å². The van der Waals surface area contributed by atoms with Crippen LogP contribution in [0.25, 0.3) is 0 Å². The number of alkyl halides is 3. The Balaban J connectivity index is 2.66. The van der Waals surface area contributed by atoms with E-state index in [2.05, 4.69) is 22.2 Å². The standard InChI is InChI=1S/C10H15ClF2N2O2/c1-14-8(16)6-4-2-3-5-7(6)15-9(17)10(11,12)13/h6-7H,2-5H2,1H3,(H,14,16)(H,15,17)/t6-,7-/m0/s1. The molecular formula is C10H15ClF2N2O2.